The van der Waals surface area contributed by atoms with E-state index < -0.39 is 12.1 Å². The maximum Gasteiger partial charge on any atom is 1.00 e. The number of carbonyl (C=O) groups is 2. The fourth-order valence-corrected chi connectivity index (χ4v) is 0.312. The number of rotatable bonds is 2. The molecule has 0 heterocycles. The predicted octanol–water partition coefficient (Wildman–Crippen LogP) is -1.79. The molecule has 0 aliphatic heterocycles. The number of hydrogen-bond donors (Lipinski definition) is 0. The second-order valence-corrected chi connectivity index (χ2v) is 1.51. The Balaban J connectivity index is -0.000000405. The van der Waals surface area contributed by atoms with E-state index in [4.69, 9.17) is 0 Å². The Labute approximate surface area is 110 Å². The van der Waals surface area contributed by atoms with Gasteiger partial charge in [-0.15, -0.1) is 0 Å². The summed E-state index contributed by atoms with van der Waals surface area (Å²) in [7, 11) is 0. The van der Waals surface area contributed by atoms with Gasteiger partial charge in [-0.1, -0.05) is 6.92 Å². The number of hydrogen-bond acceptors (Lipinski definition) is 4. The molecule has 5 heteroatoms. The van der Waals surface area contributed by atoms with Crippen LogP contribution in [0.4, 0.5) is 4.79 Å². The molecule has 60 valence electrons. The summed E-state index contributed by atoms with van der Waals surface area (Å²) >= 11 is 0. The summed E-state index contributed by atoms with van der Waals surface area (Å²) in [6.45, 7) is 3.45. The standard InChI is InChI=1S/C6H10O4.K.H/c1-3-5(7)10-6(8)9-4-2;;/h3-4H2,1-2H3;;/q;+1;-1. The van der Waals surface area contributed by atoms with E-state index in [2.05, 4.69) is 9.47 Å². The van der Waals surface area contributed by atoms with E-state index in [1.54, 1.807) is 13.8 Å². The molecule has 0 aliphatic rings. The van der Waals surface area contributed by atoms with Gasteiger partial charge in [0.1, 0.15) is 0 Å². The molecule has 0 spiro atoms. The second-order valence-electron chi connectivity index (χ2n) is 1.51. The average Bonchev–Trinajstić information content (AvgIpc) is 1.88. The number of esters is 1. The molecule has 0 amide bonds. The van der Waals surface area contributed by atoms with Gasteiger partial charge in [0.25, 0.3) is 0 Å². The molecule has 0 bridgehead atoms. The number of carbonyl (C=O) groups excluding carboxylic acids is 2. The van der Waals surface area contributed by atoms with Crippen LogP contribution in [0.2, 0.25) is 0 Å². The molecule has 0 aromatic carbocycles. The first-order valence-electron chi connectivity index (χ1n) is 3.08. The summed E-state index contributed by atoms with van der Waals surface area (Å²) in [5.41, 5.74) is 0. The van der Waals surface area contributed by atoms with Crippen LogP contribution in [0.25, 0.3) is 0 Å². The molecule has 0 saturated heterocycles. The van der Waals surface area contributed by atoms with Crippen LogP contribution >= 0.6 is 0 Å². The summed E-state index contributed by atoms with van der Waals surface area (Å²) in [5.74, 6) is -0.571. The van der Waals surface area contributed by atoms with Gasteiger partial charge in [0.2, 0.25) is 0 Å². The molecule has 0 saturated carbocycles. The summed E-state index contributed by atoms with van der Waals surface area (Å²) in [5, 5.41) is 0. The van der Waals surface area contributed by atoms with Crippen LogP contribution in [-0.4, -0.2) is 18.7 Å². The van der Waals surface area contributed by atoms with Crippen LogP contribution in [0.15, 0.2) is 0 Å². The zero-order valence-electron chi connectivity index (χ0n) is 8.05. The van der Waals surface area contributed by atoms with Crippen molar-refractivity contribution in [3.8, 4) is 0 Å². The second kappa shape index (κ2) is 8.67. The van der Waals surface area contributed by atoms with Crippen molar-refractivity contribution in [2.75, 3.05) is 6.61 Å². The van der Waals surface area contributed by atoms with Gasteiger partial charge < -0.3 is 10.9 Å². The maximum atomic E-state index is 10.4. The van der Waals surface area contributed by atoms with Crippen LogP contribution in [0.3, 0.4) is 0 Å². The summed E-state index contributed by atoms with van der Waals surface area (Å²) in [4.78, 5) is 20.7. The Bertz CT molecular complexity index is 140. The van der Waals surface area contributed by atoms with E-state index in [1.165, 1.54) is 0 Å². The fraction of sp³-hybridized carbons (Fsp3) is 0.667. The van der Waals surface area contributed by atoms with Gasteiger partial charge in [-0.2, -0.15) is 0 Å². The molecular weight excluding hydrogens is 175 g/mol. The molecule has 0 N–H and O–H groups in total. The van der Waals surface area contributed by atoms with Crippen LogP contribution in [-0.2, 0) is 14.3 Å². The monoisotopic (exact) mass is 186 g/mol. The fourth-order valence-electron chi connectivity index (χ4n) is 0.312. The SMILES string of the molecule is CCOC(=O)OC(=O)CC.[H-].[K+]. The zero-order chi connectivity index (χ0) is 7.98. The molecular formula is C6H11KO4. The van der Waals surface area contributed by atoms with Gasteiger partial charge in [0.05, 0.1) is 6.61 Å². The van der Waals surface area contributed by atoms with Gasteiger partial charge in [-0.25, -0.2) is 4.79 Å². The van der Waals surface area contributed by atoms with E-state index in [-0.39, 0.29) is 65.8 Å². The van der Waals surface area contributed by atoms with Crippen LogP contribution < -0.4 is 51.4 Å². The smallest absolute Gasteiger partial charge is 1.00 e. The van der Waals surface area contributed by atoms with Crippen molar-refractivity contribution in [3.05, 3.63) is 0 Å². The molecule has 0 atom stereocenters. The molecule has 11 heavy (non-hydrogen) atoms. The van der Waals surface area contributed by atoms with Gasteiger partial charge in [-0.3, -0.25) is 4.79 Å². The predicted molar refractivity (Wildman–Crippen MR) is 34.5 cm³/mol. The third kappa shape index (κ3) is 8.48. The average molecular weight is 186 g/mol. The normalized spacial score (nSPS) is 7.82. The first-order valence-corrected chi connectivity index (χ1v) is 3.08. The molecule has 0 rings (SSSR count). The quantitative estimate of drug-likeness (QED) is 0.290. The summed E-state index contributed by atoms with van der Waals surface area (Å²) in [6, 6.07) is 0. The third-order valence-corrected chi connectivity index (χ3v) is 0.748. The molecule has 0 aromatic heterocycles. The first kappa shape index (κ1) is 14.1. The van der Waals surface area contributed by atoms with Crippen molar-refractivity contribution in [1.29, 1.82) is 0 Å². The molecule has 4 nitrogen and oxygen atoms in total. The van der Waals surface area contributed by atoms with Crippen LogP contribution in [0.1, 0.15) is 21.7 Å². The van der Waals surface area contributed by atoms with Gasteiger partial charge in [0, 0.05) is 6.42 Å². The van der Waals surface area contributed by atoms with Crippen LogP contribution in [0, 0.1) is 0 Å². The van der Waals surface area contributed by atoms with E-state index in [0.29, 0.717) is 0 Å². The Kier molecular flexibility index (Phi) is 11.1. The summed E-state index contributed by atoms with van der Waals surface area (Å²) in [6.07, 6.45) is -0.743. The Hall–Kier alpha value is 0.576. The molecule has 0 unspecified atom stereocenters. The van der Waals surface area contributed by atoms with Crippen molar-refractivity contribution in [2.24, 2.45) is 0 Å². The van der Waals surface area contributed by atoms with Crippen molar-refractivity contribution >= 4 is 12.1 Å². The largest absolute Gasteiger partial charge is 1.00 e. The maximum absolute atomic E-state index is 10.4. The van der Waals surface area contributed by atoms with Gasteiger partial charge in [0.15, 0.2) is 0 Å². The van der Waals surface area contributed by atoms with Crippen molar-refractivity contribution in [2.45, 2.75) is 20.3 Å². The van der Waals surface area contributed by atoms with Gasteiger partial charge >= 0.3 is 63.5 Å². The Morgan fingerprint density at radius 3 is 2.27 bits per heavy atom. The van der Waals surface area contributed by atoms with E-state index in [1.807, 2.05) is 0 Å². The Morgan fingerprint density at radius 2 is 1.91 bits per heavy atom. The molecule has 0 aromatic rings. The Morgan fingerprint density at radius 1 is 1.36 bits per heavy atom. The minimum Gasteiger partial charge on any atom is -1.00 e. The topological polar surface area (TPSA) is 52.6 Å². The summed E-state index contributed by atoms with van der Waals surface area (Å²) < 4.78 is 8.47. The van der Waals surface area contributed by atoms with E-state index in [9.17, 15) is 9.59 Å². The van der Waals surface area contributed by atoms with Crippen molar-refractivity contribution in [1.82, 2.24) is 0 Å². The van der Waals surface area contributed by atoms with Crippen molar-refractivity contribution in [3.63, 3.8) is 0 Å². The first-order chi connectivity index (χ1) is 4.70. The van der Waals surface area contributed by atoms with Crippen LogP contribution in [0.5, 0.6) is 0 Å². The minimum absolute atomic E-state index is 0. The molecule has 0 fully saturated rings. The number of ether oxygens (including phenoxy) is 2. The third-order valence-electron chi connectivity index (χ3n) is 0.748. The zero-order valence-corrected chi connectivity index (χ0v) is 10.2. The molecule has 0 radical (unpaired) electrons. The molecule has 0 aliphatic carbocycles. The van der Waals surface area contributed by atoms with Crippen molar-refractivity contribution < 1.29 is 71.9 Å². The van der Waals surface area contributed by atoms with E-state index in [0.717, 1.165) is 0 Å². The van der Waals surface area contributed by atoms with Gasteiger partial charge in [-0.05, 0) is 6.92 Å². The minimum atomic E-state index is -0.922. The van der Waals surface area contributed by atoms with E-state index >= 15 is 0 Å².